The van der Waals surface area contributed by atoms with Gasteiger partial charge in [0.1, 0.15) is 22.4 Å². The van der Waals surface area contributed by atoms with E-state index in [4.69, 9.17) is 14.5 Å². The van der Waals surface area contributed by atoms with Gasteiger partial charge in [0, 0.05) is 30.1 Å². The van der Waals surface area contributed by atoms with Gasteiger partial charge in [-0.05, 0) is 50.7 Å². The number of nitrogens with zero attached hydrogens (tertiary/aromatic N) is 3. The Labute approximate surface area is 230 Å². The largest absolute Gasteiger partial charge is 0.488 e. The van der Waals surface area contributed by atoms with Crippen molar-refractivity contribution < 1.29 is 14.3 Å². The molecule has 38 heavy (non-hydrogen) atoms. The van der Waals surface area contributed by atoms with Gasteiger partial charge in [0.2, 0.25) is 0 Å². The van der Waals surface area contributed by atoms with E-state index in [2.05, 4.69) is 65.9 Å². The number of thioether (sulfide) groups is 1. The second-order valence-corrected chi connectivity index (χ2v) is 12.2. The molecule has 4 heterocycles. The van der Waals surface area contributed by atoms with Gasteiger partial charge in [0.25, 0.3) is 5.91 Å². The van der Waals surface area contributed by atoms with Gasteiger partial charge in [-0.1, -0.05) is 42.4 Å². The van der Waals surface area contributed by atoms with Crippen molar-refractivity contribution in [2.24, 2.45) is 11.0 Å². The molecule has 6 rings (SSSR count). The highest BCUT2D eigenvalue weighted by atomic mass is 32.2. The number of epoxide rings is 1. The summed E-state index contributed by atoms with van der Waals surface area (Å²) in [6.07, 6.45) is 0.892. The number of hydrazone groups is 1. The lowest BCUT2D eigenvalue weighted by molar-refractivity contribution is 0.0935. The molecule has 198 valence electrons. The van der Waals surface area contributed by atoms with Crippen LogP contribution >= 0.6 is 23.1 Å². The van der Waals surface area contributed by atoms with Gasteiger partial charge in [0.15, 0.2) is 11.7 Å². The van der Waals surface area contributed by atoms with Crippen LogP contribution in [0.2, 0.25) is 0 Å². The van der Waals surface area contributed by atoms with Crippen LogP contribution in [0.4, 0.5) is 0 Å². The van der Waals surface area contributed by atoms with Gasteiger partial charge in [-0.2, -0.15) is 5.10 Å². The van der Waals surface area contributed by atoms with Crippen LogP contribution in [0.5, 0.6) is 5.75 Å². The third kappa shape index (κ3) is 5.44. The van der Waals surface area contributed by atoms with Crippen LogP contribution in [-0.2, 0) is 17.8 Å². The molecule has 1 aromatic heterocycles. The molecule has 2 unspecified atom stereocenters. The Morgan fingerprint density at radius 2 is 2.08 bits per heavy atom. The second kappa shape index (κ2) is 10.7. The lowest BCUT2D eigenvalue weighted by Crippen LogP contribution is -2.43. The molecule has 0 radical (unpaired) electrons. The monoisotopic (exact) mass is 549 g/mol. The maximum atomic E-state index is 13.1. The van der Waals surface area contributed by atoms with Crippen molar-refractivity contribution in [3.05, 3.63) is 70.2 Å². The van der Waals surface area contributed by atoms with E-state index >= 15 is 0 Å². The first-order valence-corrected chi connectivity index (χ1v) is 14.6. The van der Waals surface area contributed by atoms with E-state index in [0.29, 0.717) is 12.2 Å². The fourth-order valence-electron chi connectivity index (χ4n) is 4.90. The summed E-state index contributed by atoms with van der Waals surface area (Å²) < 4.78 is 11.6. The molecule has 3 aliphatic heterocycles. The van der Waals surface area contributed by atoms with E-state index in [0.717, 1.165) is 51.4 Å². The van der Waals surface area contributed by atoms with Crippen molar-refractivity contribution in [1.29, 1.82) is 0 Å². The van der Waals surface area contributed by atoms with Crippen molar-refractivity contribution in [1.82, 2.24) is 20.6 Å². The zero-order chi connectivity index (χ0) is 26.2. The topological polar surface area (TPSA) is 91.4 Å². The molecule has 8 nitrogen and oxygen atoms in total. The third-order valence-electron chi connectivity index (χ3n) is 6.99. The number of ether oxygens (including phenoxy) is 2. The van der Waals surface area contributed by atoms with Crippen LogP contribution in [0.3, 0.4) is 0 Å². The number of hydrogen-bond acceptors (Lipinski definition) is 9. The minimum absolute atomic E-state index is 0.00633. The van der Waals surface area contributed by atoms with Gasteiger partial charge < -0.3 is 19.7 Å². The first-order valence-electron chi connectivity index (χ1n) is 12.9. The van der Waals surface area contributed by atoms with Crippen molar-refractivity contribution >= 4 is 34.0 Å². The Kier molecular flexibility index (Phi) is 7.13. The van der Waals surface area contributed by atoms with Crippen LogP contribution in [0.1, 0.15) is 33.4 Å². The zero-order valence-corrected chi connectivity index (χ0v) is 23.3. The zero-order valence-electron chi connectivity index (χ0n) is 21.6. The van der Waals surface area contributed by atoms with E-state index in [1.54, 1.807) is 23.1 Å². The molecule has 2 saturated heterocycles. The van der Waals surface area contributed by atoms with Crippen molar-refractivity contribution in [3.63, 3.8) is 0 Å². The van der Waals surface area contributed by atoms with Gasteiger partial charge in [-0.3, -0.25) is 10.2 Å². The average Bonchev–Trinajstić information content (AvgIpc) is 3.44. The molecule has 4 atom stereocenters. The number of amides is 1. The summed E-state index contributed by atoms with van der Waals surface area (Å²) in [6, 6.07) is 15.8. The quantitative estimate of drug-likeness (QED) is 0.406. The Morgan fingerprint density at radius 3 is 2.84 bits per heavy atom. The molecular formula is C28H31N5O3S2. The average molecular weight is 550 g/mol. The summed E-state index contributed by atoms with van der Waals surface area (Å²) in [5.41, 5.74) is 7.23. The molecule has 0 spiro atoms. The number of carbonyl (C=O) groups is 1. The van der Waals surface area contributed by atoms with E-state index < -0.39 is 0 Å². The number of likely N-dealkylation sites (N-methyl/N-ethyl adjacent to an activating group) is 1. The van der Waals surface area contributed by atoms with Crippen LogP contribution in [0.15, 0.2) is 53.6 Å². The first kappa shape index (κ1) is 25.4. The first-order chi connectivity index (χ1) is 18.5. The van der Waals surface area contributed by atoms with Gasteiger partial charge >= 0.3 is 0 Å². The number of likely N-dealkylation sites (tertiary alicyclic amines) is 1. The number of thiazole rings is 1. The van der Waals surface area contributed by atoms with Crippen LogP contribution in [0, 0.1) is 12.8 Å². The SMILES string of the molecule is CCc1nc(-c2cccc(C)c2)sc1COc1ccc(C(=O)N[C@@H]2CN(C)C[C@@H]2C2=NNC3OC3S2)cc1. The molecule has 3 aromatic rings. The number of carbonyl (C=O) groups excluding carboxylic acids is 1. The van der Waals surface area contributed by atoms with Crippen molar-refractivity contribution in [3.8, 4) is 16.3 Å². The maximum Gasteiger partial charge on any atom is 0.251 e. The number of aryl methyl sites for hydroxylation is 2. The summed E-state index contributed by atoms with van der Waals surface area (Å²) >= 11 is 3.34. The number of nitrogens with one attached hydrogen (secondary N) is 2. The molecule has 0 aliphatic carbocycles. The number of aromatic nitrogens is 1. The number of benzene rings is 2. The molecule has 10 heteroatoms. The predicted octanol–water partition coefficient (Wildman–Crippen LogP) is 4.25. The number of fused-ring (bicyclic) bond motifs is 1. The maximum absolute atomic E-state index is 13.1. The molecule has 1 amide bonds. The van der Waals surface area contributed by atoms with E-state index in [1.807, 2.05) is 24.3 Å². The summed E-state index contributed by atoms with van der Waals surface area (Å²) in [5, 5.41) is 9.74. The predicted molar refractivity (Wildman–Crippen MR) is 152 cm³/mol. The highest BCUT2D eigenvalue weighted by Crippen LogP contribution is 2.39. The normalized spacial score (nSPS) is 24.3. The highest BCUT2D eigenvalue weighted by molar-refractivity contribution is 8.14. The fraction of sp³-hybridized carbons (Fsp3) is 0.393. The summed E-state index contributed by atoms with van der Waals surface area (Å²) in [5.74, 6) is 0.784. The lowest BCUT2D eigenvalue weighted by atomic mass is 10.0. The highest BCUT2D eigenvalue weighted by Gasteiger charge is 2.47. The van der Waals surface area contributed by atoms with Crippen LogP contribution in [-0.4, -0.2) is 58.7 Å². The smallest absolute Gasteiger partial charge is 0.251 e. The Morgan fingerprint density at radius 1 is 1.24 bits per heavy atom. The summed E-state index contributed by atoms with van der Waals surface area (Å²) in [4.78, 5) is 21.3. The van der Waals surface area contributed by atoms with Crippen LogP contribution < -0.4 is 15.5 Å². The standard InChI is InChI=1S/C28H31N5O3S2/c1-4-21-23(37-26(30-21)18-7-5-6-16(2)12-18)15-35-19-10-8-17(9-11-19)24(34)29-22-14-33(3)13-20(22)27-32-31-25-28(36-25)38-27/h5-12,20,22,25,28,31H,4,13-15H2,1-3H3,(H,29,34)/t20-,22+,25?,28?/m0/s1. The Hall–Kier alpha value is -2.92. The Balaban J connectivity index is 1.08. The Bertz CT molecular complexity index is 1360. The third-order valence-corrected chi connectivity index (χ3v) is 9.34. The van der Waals surface area contributed by atoms with Crippen molar-refractivity contribution in [2.75, 3.05) is 20.1 Å². The molecule has 0 saturated carbocycles. The summed E-state index contributed by atoms with van der Waals surface area (Å²) in [6.45, 7) is 6.30. The molecule has 2 aromatic carbocycles. The van der Waals surface area contributed by atoms with E-state index in [1.165, 1.54) is 5.56 Å². The molecular weight excluding hydrogens is 518 g/mol. The van der Waals surface area contributed by atoms with Gasteiger partial charge in [0.05, 0.1) is 16.6 Å². The summed E-state index contributed by atoms with van der Waals surface area (Å²) in [7, 11) is 2.07. The molecule has 3 aliphatic rings. The van der Waals surface area contributed by atoms with Crippen molar-refractivity contribution in [2.45, 2.75) is 44.6 Å². The minimum Gasteiger partial charge on any atom is -0.488 e. The lowest BCUT2D eigenvalue weighted by Gasteiger charge is -2.22. The molecule has 2 fully saturated rings. The van der Waals surface area contributed by atoms with Crippen LogP contribution in [0.25, 0.3) is 10.6 Å². The molecule has 2 N–H and O–H groups in total. The van der Waals surface area contributed by atoms with Gasteiger partial charge in [-0.25, -0.2) is 4.98 Å². The van der Waals surface area contributed by atoms with E-state index in [-0.39, 0.29) is 29.5 Å². The number of rotatable bonds is 8. The fourth-order valence-corrected chi connectivity index (χ4v) is 7.07. The van der Waals surface area contributed by atoms with Gasteiger partial charge in [-0.15, -0.1) is 11.3 Å². The number of hydrogen-bond donors (Lipinski definition) is 2. The molecule has 0 bridgehead atoms. The minimum atomic E-state index is -0.0877. The van der Waals surface area contributed by atoms with E-state index in [9.17, 15) is 4.79 Å². The second-order valence-electron chi connectivity index (χ2n) is 9.95.